The van der Waals surface area contributed by atoms with Crippen molar-refractivity contribution < 1.29 is 19.2 Å². The number of hydrogen-bond acceptors (Lipinski definition) is 8. The summed E-state index contributed by atoms with van der Waals surface area (Å²) in [6.07, 6.45) is 0.334. The Morgan fingerprint density at radius 2 is 2.03 bits per heavy atom. The number of aryl methyl sites for hydroxylation is 1. The van der Waals surface area contributed by atoms with E-state index in [1.807, 2.05) is 19.2 Å². The second-order valence-electron chi connectivity index (χ2n) is 7.58. The molecule has 2 aromatic rings. The number of nitro groups is 1. The predicted octanol–water partition coefficient (Wildman–Crippen LogP) is 2.34. The van der Waals surface area contributed by atoms with Crippen molar-refractivity contribution in [1.82, 2.24) is 15.2 Å². The average molecular weight is 448 g/mol. The van der Waals surface area contributed by atoms with Crippen molar-refractivity contribution in [2.24, 2.45) is 0 Å². The minimum Gasteiger partial charge on any atom is -0.373 e. The van der Waals surface area contributed by atoms with Crippen LogP contribution in [0.4, 0.5) is 10.8 Å². The topological polar surface area (TPSA) is 127 Å². The standard InChI is InChI=1S/C20H25N5O5S/c1-12-4-5-15(6-17(12)25(28)29)19(27)21-7-18(26)23-20-22-16(11-31-20)10-24-8-13(2)30-14(3)9-24/h4-6,11,13-14H,7-10H2,1-3H3,(H,21,27)(H,22,23,26)/t13-,14-/m1/s1. The highest BCUT2D eigenvalue weighted by Crippen LogP contribution is 2.20. The molecule has 1 aromatic carbocycles. The molecule has 31 heavy (non-hydrogen) atoms. The number of nitrogens with zero attached hydrogens (tertiary/aromatic N) is 3. The second kappa shape index (κ2) is 9.94. The van der Waals surface area contributed by atoms with Gasteiger partial charge in [0.25, 0.3) is 11.6 Å². The van der Waals surface area contributed by atoms with Crippen LogP contribution in [-0.4, -0.2) is 58.5 Å². The maximum absolute atomic E-state index is 12.2. The summed E-state index contributed by atoms with van der Waals surface area (Å²) >= 11 is 1.32. The Morgan fingerprint density at radius 3 is 2.71 bits per heavy atom. The molecule has 1 aliphatic heterocycles. The lowest BCUT2D eigenvalue weighted by molar-refractivity contribution is -0.385. The van der Waals surface area contributed by atoms with Crippen LogP contribution in [0.3, 0.4) is 0 Å². The molecular formula is C20H25N5O5S. The molecule has 0 spiro atoms. The summed E-state index contributed by atoms with van der Waals surface area (Å²) < 4.78 is 5.73. The first-order valence-electron chi connectivity index (χ1n) is 9.86. The van der Waals surface area contributed by atoms with Crippen LogP contribution in [0.5, 0.6) is 0 Å². The van der Waals surface area contributed by atoms with Gasteiger partial charge in [0.05, 0.1) is 29.4 Å². The van der Waals surface area contributed by atoms with Gasteiger partial charge in [-0.05, 0) is 26.8 Å². The fourth-order valence-corrected chi connectivity index (χ4v) is 4.17. The highest BCUT2D eigenvalue weighted by Gasteiger charge is 2.23. The van der Waals surface area contributed by atoms with Gasteiger partial charge in [-0.3, -0.25) is 24.6 Å². The molecule has 1 aliphatic rings. The van der Waals surface area contributed by atoms with Crippen LogP contribution in [0.1, 0.15) is 35.5 Å². The van der Waals surface area contributed by atoms with Crippen LogP contribution in [0.2, 0.25) is 0 Å². The molecule has 166 valence electrons. The van der Waals surface area contributed by atoms with Gasteiger partial charge in [0.2, 0.25) is 5.91 Å². The zero-order valence-corrected chi connectivity index (χ0v) is 18.4. The maximum Gasteiger partial charge on any atom is 0.273 e. The Morgan fingerprint density at radius 1 is 1.32 bits per heavy atom. The number of carbonyl (C=O) groups is 2. The molecule has 3 rings (SSSR count). The monoisotopic (exact) mass is 447 g/mol. The molecule has 2 heterocycles. The summed E-state index contributed by atoms with van der Waals surface area (Å²) in [6, 6.07) is 4.18. The normalized spacial score (nSPS) is 19.1. The Hall–Kier alpha value is -2.89. The van der Waals surface area contributed by atoms with Gasteiger partial charge in [-0.15, -0.1) is 11.3 Å². The quantitative estimate of drug-likeness (QED) is 0.493. The van der Waals surface area contributed by atoms with E-state index in [4.69, 9.17) is 4.74 Å². The van der Waals surface area contributed by atoms with Crippen LogP contribution in [0, 0.1) is 17.0 Å². The third kappa shape index (κ3) is 6.29. The summed E-state index contributed by atoms with van der Waals surface area (Å²) in [5.74, 6) is -0.988. The largest absolute Gasteiger partial charge is 0.373 e. The van der Waals surface area contributed by atoms with Crippen molar-refractivity contribution in [3.05, 3.63) is 50.5 Å². The van der Waals surface area contributed by atoms with Crippen LogP contribution in [-0.2, 0) is 16.1 Å². The SMILES string of the molecule is Cc1ccc(C(=O)NCC(=O)Nc2nc(CN3C[C@@H](C)O[C@H](C)C3)cs2)cc1[N+](=O)[O-]. The smallest absolute Gasteiger partial charge is 0.273 e. The van der Waals surface area contributed by atoms with E-state index in [1.54, 1.807) is 6.92 Å². The molecule has 1 fully saturated rings. The minimum atomic E-state index is -0.561. The molecule has 1 aromatic heterocycles. The molecule has 0 bridgehead atoms. The highest BCUT2D eigenvalue weighted by atomic mass is 32.1. The van der Waals surface area contributed by atoms with Crippen molar-refractivity contribution in [3.63, 3.8) is 0 Å². The summed E-state index contributed by atoms with van der Waals surface area (Å²) in [7, 11) is 0. The number of benzene rings is 1. The number of carbonyl (C=O) groups excluding carboxylic acids is 2. The first-order valence-corrected chi connectivity index (χ1v) is 10.7. The van der Waals surface area contributed by atoms with E-state index in [0.29, 0.717) is 17.2 Å². The fourth-order valence-electron chi connectivity index (χ4n) is 3.45. The predicted molar refractivity (Wildman–Crippen MR) is 116 cm³/mol. The average Bonchev–Trinajstić information content (AvgIpc) is 3.12. The number of hydrogen-bond donors (Lipinski definition) is 2. The van der Waals surface area contributed by atoms with E-state index < -0.39 is 16.7 Å². The lowest BCUT2D eigenvalue weighted by atomic mass is 10.1. The maximum atomic E-state index is 12.2. The van der Waals surface area contributed by atoms with Gasteiger partial charge < -0.3 is 15.4 Å². The molecule has 10 nitrogen and oxygen atoms in total. The van der Waals surface area contributed by atoms with E-state index in [2.05, 4.69) is 20.5 Å². The zero-order valence-electron chi connectivity index (χ0n) is 17.6. The molecular weight excluding hydrogens is 422 g/mol. The number of ether oxygens (including phenoxy) is 1. The number of thiazole rings is 1. The lowest BCUT2D eigenvalue weighted by Crippen LogP contribution is -2.44. The van der Waals surface area contributed by atoms with Crippen LogP contribution in [0.25, 0.3) is 0 Å². The van der Waals surface area contributed by atoms with E-state index in [1.165, 1.54) is 29.5 Å². The molecule has 2 atom stereocenters. The molecule has 0 unspecified atom stereocenters. The van der Waals surface area contributed by atoms with Gasteiger partial charge in [-0.2, -0.15) is 0 Å². The molecule has 11 heteroatoms. The summed E-state index contributed by atoms with van der Waals surface area (Å²) in [5, 5.41) is 18.5. The minimum absolute atomic E-state index is 0.121. The van der Waals surface area contributed by atoms with Crippen molar-refractivity contribution in [3.8, 4) is 0 Å². The van der Waals surface area contributed by atoms with Crippen molar-refractivity contribution in [1.29, 1.82) is 0 Å². The number of rotatable bonds is 7. The summed E-state index contributed by atoms with van der Waals surface area (Å²) in [4.78, 5) is 41.6. The van der Waals surface area contributed by atoms with E-state index in [-0.39, 0.29) is 30.0 Å². The summed E-state index contributed by atoms with van der Waals surface area (Å²) in [6.45, 7) is 7.73. The number of aromatic nitrogens is 1. The molecule has 1 saturated heterocycles. The third-order valence-corrected chi connectivity index (χ3v) is 5.56. The Bertz CT molecular complexity index is 969. The number of nitro benzene ring substituents is 1. The van der Waals surface area contributed by atoms with E-state index >= 15 is 0 Å². The molecule has 0 aliphatic carbocycles. The van der Waals surface area contributed by atoms with Crippen molar-refractivity contribution in [2.45, 2.75) is 39.5 Å². The van der Waals surface area contributed by atoms with E-state index in [9.17, 15) is 19.7 Å². The van der Waals surface area contributed by atoms with Gasteiger partial charge in [0, 0.05) is 42.2 Å². The number of anilines is 1. The van der Waals surface area contributed by atoms with Gasteiger partial charge in [-0.1, -0.05) is 6.07 Å². The van der Waals surface area contributed by atoms with Crippen molar-refractivity contribution in [2.75, 3.05) is 25.0 Å². The molecule has 2 N–H and O–H groups in total. The first kappa shape index (κ1) is 22.8. The van der Waals surface area contributed by atoms with Crippen LogP contribution >= 0.6 is 11.3 Å². The van der Waals surface area contributed by atoms with Gasteiger partial charge >= 0.3 is 0 Å². The first-order chi connectivity index (χ1) is 14.7. The van der Waals surface area contributed by atoms with Crippen LogP contribution in [0.15, 0.2) is 23.6 Å². The second-order valence-corrected chi connectivity index (χ2v) is 8.44. The van der Waals surface area contributed by atoms with Crippen LogP contribution < -0.4 is 10.6 Å². The van der Waals surface area contributed by atoms with Crippen molar-refractivity contribution >= 4 is 34.0 Å². The Labute approximate surface area is 183 Å². The zero-order chi connectivity index (χ0) is 22.5. The van der Waals surface area contributed by atoms with Gasteiger partial charge in [0.1, 0.15) is 0 Å². The Balaban J connectivity index is 1.49. The molecule has 0 saturated carbocycles. The fraction of sp³-hybridized carbons (Fsp3) is 0.450. The number of nitrogens with one attached hydrogen (secondary N) is 2. The summed E-state index contributed by atoms with van der Waals surface area (Å²) in [5.41, 5.74) is 1.30. The molecule has 0 radical (unpaired) electrons. The Kier molecular flexibility index (Phi) is 7.31. The third-order valence-electron chi connectivity index (χ3n) is 4.76. The van der Waals surface area contributed by atoms with E-state index in [0.717, 1.165) is 18.8 Å². The molecule has 2 amide bonds. The van der Waals surface area contributed by atoms with Gasteiger partial charge in [-0.25, -0.2) is 4.98 Å². The van der Waals surface area contributed by atoms with Gasteiger partial charge in [0.15, 0.2) is 5.13 Å². The number of amides is 2. The number of morpholine rings is 1. The highest BCUT2D eigenvalue weighted by molar-refractivity contribution is 7.13. The lowest BCUT2D eigenvalue weighted by Gasteiger charge is -2.34.